The van der Waals surface area contributed by atoms with Gasteiger partial charge in [-0.3, -0.25) is 14.5 Å². The molecule has 2 aromatic carbocycles. The van der Waals surface area contributed by atoms with E-state index < -0.39 is 17.8 Å². The van der Waals surface area contributed by atoms with E-state index in [0.717, 1.165) is 29.2 Å². The van der Waals surface area contributed by atoms with Crippen LogP contribution in [-0.4, -0.2) is 92.5 Å². The lowest BCUT2D eigenvalue weighted by Gasteiger charge is -2.31. The first-order valence-electron chi connectivity index (χ1n) is 13.5. The van der Waals surface area contributed by atoms with Crippen molar-refractivity contribution in [3.05, 3.63) is 81.8 Å². The first-order valence-corrected chi connectivity index (χ1v) is 14.4. The molecule has 1 saturated heterocycles. The van der Waals surface area contributed by atoms with E-state index in [0.29, 0.717) is 37.7 Å². The van der Waals surface area contributed by atoms with Gasteiger partial charge in [-0.2, -0.15) is 5.10 Å². The van der Waals surface area contributed by atoms with Gasteiger partial charge in [-0.15, -0.1) is 11.3 Å². The Kier molecular flexibility index (Phi) is 9.28. The molecule has 0 N–H and O–H groups in total. The zero-order valence-corrected chi connectivity index (χ0v) is 23.9. The van der Waals surface area contributed by atoms with E-state index in [-0.39, 0.29) is 24.6 Å². The van der Waals surface area contributed by atoms with Crippen molar-refractivity contribution in [2.45, 2.75) is 12.5 Å². The van der Waals surface area contributed by atoms with Gasteiger partial charge in [-0.25, -0.2) is 9.40 Å². The van der Waals surface area contributed by atoms with Crippen LogP contribution in [0, 0.1) is 5.82 Å². The van der Waals surface area contributed by atoms with Gasteiger partial charge in [0.15, 0.2) is 11.5 Å². The second-order valence-corrected chi connectivity index (χ2v) is 10.7. The van der Waals surface area contributed by atoms with Crippen molar-refractivity contribution in [2.75, 3.05) is 60.2 Å². The maximum atomic E-state index is 14.6. The highest BCUT2D eigenvalue weighted by Crippen LogP contribution is 2.38. The van der Waals surface area contributed by atoms with Crippen molar-refractivity contribution in [3.8, 4) is 11.5 Å². The smallest absolute Gasteiger partial charge is 0.262 e. The number of halogens is 1. The van der Waals surface area contributed by atoms with Gasteiger partial charge in [0.25, 0.3) is 11.8 Å². The number of morpholine rings is 1. The van der Waals surface area contributed by atoms with Crippen LogP contribution in [0.5, 0.6) is 11.5 Å². The highest BCUT2D eigenvalue weighted by atomic mass is 32.1. The molecule has 0 saturated carbocycles. The van der Waals surface area contributed by atoms with Crippen molar-refractivity contribution >= 4 is 28.9 Å². The predicted molar refractivity (Wildman–Crippen MR) is 154 cm³/mol. The van der Waals surface area contributed by atoms with Crippen molar-refractivity contribution in [1.29, 1.82) is 0 Å². The molecule has 1 fully saturated rings. The molecule has 0 bridgehead atoms. The normalized spacial score (nSPS) is 17.3. The van der Waals surface area contributed by atoms with Gasteiger partial charge in [-0.1, -0.05) is 24.3 Å². The number of hydrazone groups is 1. The largest absolute Gasteiger partial charge is 0.493 e. The lowest BCUT2D eigenvalue weighted by molar-refractivity contribution is -0.133. The van der Waals surface area contributed by atoms with Crippen LogP contribution >= 0.6 is 11.3 Å². The summed E-state index contributed by atoms with van der Waals surface area (Å²) < 4.78 is 31.0. The van der Waals surface area contributed by atoms with Crippen LogP contribution in [0.2, 0.25) is 0 Å². The monoisotopic (exact) mass is 580 g/mol. The Balaban J connectivity index is 1.43. The third kappa shape index (κ3) is 6.58. The molecule has 2 aliphatic rings. The van der Waals surface area contributed by atoms with Gasteiger partial charge in [0.2, 0.25) is 0 Å². The fourth-order valence-electron chi connectivity index (χ4n) is 5.03. The Hall–Kier alpha value is -3.80. The summed E-state index contributed by atoms with van der Waals surface area (Å²) in [5.74, 6) is -0.388. The summed E-state index contributed by atoms with van der Waals surface area (Å²) in [6.45, 7) is 3.25. The first-order chi connectivity index (χ1) is 20.0. The van der Waals surface area contributed by atoms with Gasteiger partial charge in [0.1, 0.15) is 12.4 Å². The molecule has 0 radical (unpaired) electrons. The number of rotatable bonds is 10. The van der Waals surface area contributed by atoms with Crippen molar-refractivity contribution in [1.82, 2.24) is 14.8 Å². The van der Waals surface area contributed by atoms with E-state index in [2.05, 4.69) is 4.90 Å². The number of hydrogen-bond donors (Lipinski definition) is 0. The fourth-order valence-corrected chi connectivity index (χ4v) is 5.75. The predicted octanol–water partition coefficient (Wildman–Crippen LogP) is 4.06. The van der Waals surface area contributed by atoms with Crippen LogP contribution in [0.4, 0.5) is 4.39 Å². The molecule has 41 heavy (non-hydrogen) atoms. The molecular weight excluding hydrogens is 547 g/mol. The molecule has 5 rings (SSSR count). The number of nitrogens with zero attached hydrogens (tertiary/aromatic N) is 4. The molecule has 0 spiro atoms. The van der Waals surface area contributed by atoms with Gasteiger partial charge in [0, 0.05) is 32.6 Å². The summed E-state index contributed by atoms with van der Waals surface area (Å²) >= 11 is 1.55. The molecule has 11 heteroatoms. The van der Waals surface area contributed by atoms with E-state index in [4.69, 9.17) is 19.3 Å². The number of carbonyl (C=O) groups excluding carboxylic acids is 2. The van der Waals surface area contributed by atoms with Crippen LogP contribution in [0.3, 0.4) is 0 Å². The zero-order valence-electron chi connectivity index (χ0n) is 23.1. The molecule has 1 atom stereocenters. The van der Waals surface area contributed by atoms with E-state index in [1.807, 2.05) is 29.6 Å². The third-order valence-corrected chi connectivity index (χ3v) is 8.19. The lowest BCUT2D eigenvalue weighted by Crippen LogP contribution is -2.46. The van der Waals surface area contributed by atoms with Crippen molar-refractivity contribution in [3.63, 3.8) is 0 Å². The maximum Gasteiger partial charge on any atom is 0.262 e. The molecule has 216 valence electrons. The Labute approximate surface area is 242 Å². The number of ether oxygens (including phenoxy) is 3. The molecule has 2 amide bonds. The van der Waals surface area contributed by atoms with Crippen molar-refractivity contribution in [2.24, 2.45) is 5.10 Å². The summed E-state index contributed by atoms with van der Waals surface area (Å²) in [6, 6.07) is 14.9. The van der Waals surface area contributed by atoms with Gasteiger partial charge in [-0.05, 0) is 41.3 Å². The van der Waals surface area contributed by atoms with Crippen LogP contribution in [-0.2, 0) is 9.53 Å². The van der Waals surface area contributed by atoms with Crippen LogP contribution in [0.15, 0.2) is 65.1 Å². The number of carbonyl (C=O) groups is 2. The average Bonchev–Trinajstić information content (AvgIpc) is 3.70. The van der Waals surface area contributed by atoms with Gasteiger partial charge >= 0.3 is 0 Å². The van der Waals surface area contributed by atoms with Gasteiger partial charge in [0.05, 0.1) is 49.6 Å². The van der Waals surface area contributed by atoms with Gasteiger partial charge < -0.3 is 19.1 Å². The molecule has 2 aliphatic heterocycles. The van der Waals surface area contributed by atoms with Crippen LogP contribution < -0.4 is 9.47 Å². The van der Waals surface area contributed by atoms with E-state index in [9.17, 15) is 14.0 Å². The first kappa shape index (κ1) is 28.7. The minimum Gasteiger partial charge on any atom is -0.493 e. The number of methoxy groups -OCH3 is 2. The third-order valence-electron chi connectivity index (χ3n) is 7.27. The highest BCUT2D eigenvalue weighted by Gasteiger charge is 2.35. The molecule has 0 aliphatic carbocycles. The summed E-state index contributed by atoms with van der Waals surface area (Å²) in [6.07, 6.45) is 0.497. The number of amides is 2. The summed E-state index contributed by atoms with van der Waals surface area (Å²) in [5.41, 5.74) is 1.54. The molecule has 3 heterocycles. The maximum absolute atomic E-state index is 14.6. The Morgan fingerprint density at radius 1 is 1.07 bits per heavy atom. The lowest BCUT2D eigenvalue weighted by atomic mass is 10.0. The molecule has 1 aromatic heterocycles. The zero-order chi connectivity index (χ0) is 28.8. The minimum atomic E-state index is -0.622. The fraction of sp³-hybridized carbons (Fsp3) is 0.367. The van der Waals surface area contributed by atoms with E-state index in [1.54, 1.807) is 37.7 Å². The second kappa shape index (κ2) is 13.2. The minimum absolute atomic E-state index is 0.0667. The Morgan fingerprint density at radius 2 is 1.85 bits per heavy atom. The van der Waals surface area contributed by atoms with E-state index in [1.165, 1.54) is 28.1 Å². The van der Waals surface area contributed by atoms with Crippen molar-refractivity contribution < 1.29 is 28.2 Å². The SMILES string of the molecule is COc1ccc([C@@H]2CC(c3cccs3)=NN2C(=O)CN(CCN2CCOCC2)C(=O)c2ccccc2F)cc1OC. The van der Waals surface area contributed by atoms with Crippen LogP contribution in [0.25, 0.3) is 0 Å². The molecule has 9 nitrogen and oxygen atoms in total. The molecular formula is C30H33FN4O5S. The summed E-state index contributed by atoms with van der Waals surface area (Å²) in [4.78, 5) is 32.1. The average molecular weight is 581 g/mol. The quantitative estimate of drug-likeness (QED) is 0.360. The highest BCUT2D eigenvalue weighted by molar-refractivity contribution is 7.12. The van der Waals surface area contributed by atoms with Crippen LogP contribution in [0.1, 0.15) is 33.3 Å². The number of benzene rings is 2. The number of hydrogen-bond acceptors (Lipinski definition) is 8. The molecule has 0 unspecified atom stereocenters. The summed E-state index contributed by atoms with van der Waals surface area (Å²) in [7, 11) is 3.13. The Bertz CT molecular complexity index is 1390. The molecule has 3 aromatic rings. The topological polar surface area (TPSA) is 83.9 Å². The second-order valence-electron chi connectivity index (χ2n) is 9.76. The standard InChI is InChI=1S/C30H33FN4O5S/c1-38-26-10-9-21(18-27(26)39-2)25-19-24(28-8-5-17-41-28)32-35(25)29(36)20-34(12-11-33-13-15-40-16-14-33)30(37)22-6-3-4-7-23(22)31/h3-10,17-18,25H,11-16,19-20H2,1-2H3/t25-/m0/s1. The summed E-state index contributed by atoms with van der Waals surface area (Å²) in [5, 5.41) is 8.16. The van der Waals surface area contributed by atoms with E-state index >= 15 is 0 Å². The number of thiophene rings is 1. The Morgan fingerprint density at radius 3 is 2.56 bits per heavy atom.